The van der Waals surface area contributed by atoms with Crippen molar-refractivity contribution in [3.05, 3.63) is 24.2 Å². The fourth-order valence-electron chi connectivity index (χ4n) is 2.59. The van der Waals surface area contributed by atoms with Crippen LogP contribution < -0.4 is 0 Å². The van der Waals surface area contributed by atoms with E-state index in [0.717, 1.165) is 10.9 Å². The SMILES string of the molecule is CC1(O)CC(n2ncc(-c3ccon3)c2C(F)(F)F)C1. The smallest absolute Gasteiger partial charge is 0.390 e. The quantitative estimate of drug-likeness (QED) is 0.922. The van der Waals surface area contributed by atoms with Crippen molar-refractivity contribution < 1.29 is 22.8 Å². The van der Waals surface area contributed by atoms with E-state index in [1.54, 1.807) is 6.92 Å². The fourth-order valence-corrected chi connectivity index (χ4v) is 2.59. The van der Waals surface area contributed by atoms with Gasteiger partial charge in [0.2, 0.25) is 0 Å². The van der Waals surface area contributed by atoms with Crippen molar-refractivity contribution in [2.24, 2.45) is 0 Å². The van der Waals surface area contributed by atoms with Crippen LogP contribution in [0, 0.1) is 0 Å². The maximum absolute atomic E-state index is 13.3. The summed E-state index contributed by atoms with van der Waals surface area (Å²) in [5.74, 6) is 0. The monoisotopic (exact) mass is 287 g/mol. The lowest BCUT2D eigenvalue weighted by molar-refractivity contribution is -0.148. The first-order chi connectivity index (χ1) is 9.28. The molecule has 0 bridgehead atoms. The van der Waals surface area contributed by atoms with Gasteiger partial charge in [0, 0.05) is 6.07 Å². The van der Waals surface area contributed by atoms with Crippen molar-refractivity contribution in [3.8, 4) is 11.3 Å². The van der Waals surface area contributed by atoms with E-state index in [1.165, 1.54) is 12.3 Å². The van der Waals surface area contributed by atoms with Crippen LogP contribution in [0.4, 0.5) is 13.2 Å². The van der Waals surface area contributed by atoms with Crippen LogP contribution in [0.25, 0.3) is 11.3 Å². The summed E-state index contributed by atoms with van der Waals surface area (Å²) in [5.41, 5.74) is -1.80. The van der Waals surface area contributed by atoms with Crippen LogP contribution in [-0.4, -0.2) is 25.6 Å². The first kappa shape index (κ1) is 13.2. The third kappa shape index (κ3) is 2.09. The topological polar surface area (TPSA) is 64.1 Å². The van der Waals surface area contributed by atoms with Gasteiger partial charge in [0.15, 0.2) is 5.69 Å². The van der Waals surface area contributed by atoms with Gasteiger partial charge in [-0.3, -0.25) is 4.68 Å². The number of hydrogen-bond donors (Lipinski definition) is 1. The molecule has 0 unspecified atom stereocenters. The number of halogens is 3. The molecule has 0 amide bonds. The molecule has 2 heterocycles. The van der Waals surface area contributed by atoms with Gasteiger partial charge < -0.3 is 9.63 Å². The average Bonchev–Trinajstić information content (AvgIpc) is 2.93. The Balaban J connectivity index is 2.04. The predicted octanol–water partition coefficient (Wildman–Crippen LogP) is 2.64. The Hall–Kier alpha value is -1.83. The third-order valence-corrected chi connectivity index (χ3v) is 3.47. The lowest BCUT2D eigenvalue weighted by atomic mass is 9.77. The highest BCUT2D eigenvalue weighted by Gasteiger charge is 2.46. The highest BCUT2D eigenvalue weighted by atomic mass is 19.4. The zero-order chi connectivity index (χ0) is 14.5. The fraction of sp³-hybridized carbons (Fsp3) is 0.500. The molecular weight excluding hydrogens is 275 g/mol. The molecule has 0 saturated heterocycles. The van der Waals surface area contributed by atoms with E-state index in [9.17, 15) is 18.3 Å². The second kappa shape index (κ2) is 4.08. The number of aliphatic hydroxyl groups is 1. The number of hydrogen-bond acceptors (Lipinski definition) is 4. The molecule has 5 nitrogen and oxygen atoms in total. The molecule has 108 valence electrons. The lowest BCUT2D eigenvalue weighted by Gasteiger charge is -2.41. The van der Waals surface area contributed by atoms with Gasteiger partial charge in [0.25, 0.3) is 0 Å². The van der Waals surface area contributed by atoms with Crippen LogP contribution in [0.3, 0.4) is 0 Å². The molecule has 1 saturated carbocycles. The molecule has 0 atom stereocenters. The van der Waals surface area contributed by atoms with E-state index < -0.39 is 23.5 Å². The summed E-state index contributed by atoms with van der Waals surface area (Å²) in [6.45, 7) is 1.60. The number of alkyl halides is 3. The first-order valence-electron chi connectivity index (χ1n) is 6.06. The molecule has 0 aliphatic heterocycles. The van der Waals surface area contributed by atoms with Crippen LogP contribution in [-0.2, 0) is 6.18 Å². The molecule has 0 spiro atoms. The van der Waals surface area contributed by atoms with Gasteiger partial charge in [-0.25, -0.2) is 0 Å². The molecule has 2 aromatic rings. The molecule has 0 radical (unpaired) electrons. The lowest BCUT2D eigenvalue weighted by Crippen LogP contribution is -2.43. The normalized spacial score (nSPS) is 26.6. The van der Waals surface area contributed by atoms with Crippen molar-refractivity contribution in [3.63, 3.8) is 0 Å². The number of rotatable bonds is 2. The van der Waals surface area contributed by atoms with Gasteiger partial charge in [-0.15, -0.1) is 0 Å². The third-order valence-electron chi connectivity index (χ3n) is 3.47. The molecule has 2 aromatic heterocycles. The van der Waals surface area contributed by atoms with Crippen LogP contribution in [0.2, 0.25) is 0 Å². The van der Waals surface area contributed by atoms with Crippen LogP contribution in [0.5, 0.6) is 0 Å². The molecule has 8 heteroatoms. The van der Waals surface area contributed by atoms with Crippen LogP contribution in [0.1, 0.15) is 31.5 Å². The van der Waals surface area contributed by atoms with Crippen molar-refractivity contribution in [1.82, 2.24) is 14.9 Å². The summed E-state index contributed by atoms with van der Waals surface area (Å²) in [7, 11) is 0. The average molecular weight is 287 g/mol. The Labute approximate surface area is 112 Å². The van der Waals surface area contributed by atoms with Gasteiger partial charge in [0.05, 0.1) is 23.4 Å². The maximum Gasteiger partial charge on any atom is 0.433 e. The van der Waals surface area contributed by atoms with Crippen LogP contribution in [0.15, 0.2) is 23.0 Å². The Morgan fingerprint density at radius 3 is 2.65 bits per heavy atom. The van der Waals surface area contributed by atoms with Crippen molar-refractivity contribution in [2.75, 3.05) is 0 Å². The van der Waals surface area contributed by atoms with Gasteiger partial charge in [-0.05, 0) is 19.8 Å². The summed E-state index contributed by atoms with van der Waals surface area (Å²) >= 11 is 0. The Morgan fingerprint density at radius 1 is 1.45 bits per heavy atom. The minimum atomic E-state index is -4.55. The molecule has 3 rings (SSSR count). The van der Waals surface area contributed by atoms with E-state index in [4.69, 9.17) is 0 Å². The molecule has 1 aliphatic carbocycles. The van der Waals surface area contributed by atoms with Crippen molar-refractivity contribution in [2.45, 2.75) is 37.6 Å². The molecular formula is C12H12F3N3O2. The van der Waals surface area contributed by atoms with E-state index in [2.05, 4.69) is 14.8 Å². The number of aromatic nitrogens is 3. The second-order valence-corrected chi connectivity index (χ2v) is 5.29. The summed E-state index contributed by atoms with van der Waals surface area (Å²) in [5, 5.41) is 17.0. The summed E-state index contributed by atoms with van der Waals surface area (Å²) in [6, 6.07) is 0.898. The standard InChI is InChI=1S/C12H12F3N3O2/c1-11(19)4-7(5-11)18-10(12(13,14)15)8(6-16-18)9-2-3-20-17-9/h2-3,6-7,19H,4-5H2,1H3. The first-order valence-corrected chi connectivity index (χ1v) is 6.06. The Kier molecular flexibility index (Phi) is 2.69. The van der Waals surface area contributed by atoms with Crippen molar-refractivity contribution in [1.29, 1.82) is 0 Å². The Morgan fingerprint density at radius 2 is 2.15 bits per heavy atom. The van der Waals surface area contributed by atoms with Gasteiger partial charge in [-0.2, -0.15) is 18.3 Å². The van der Waals surface area contributed by atoms with Crippen LogP contribution >= 0.6 is 0 Å². The van der Waals surface area contributed by atoms with Crippen molar-refractivity contribution >= 4 is 0 Å². The molecule has 0 aromatic carbocycles. The van der Waals surface area contributed by atoms with Gasteiger partial charge in [-0.1, -0.05) is 5.16 Å². The Bertz CT molecular complexity index is 608. The summed E-state index contributed by atoms with van der Waals surface area (Å²) in [6.07, 6.45) is -1.72. The predicted molar refractivity (Wildman–Crippen MR) is 61.6 cm³/mol. The van der Waals surface area contributed by atoms with E-state index in [1.807, 2.05) is 0 Å². The molecule has 20 heavy (non-hydrogen) atoms. The van der Waals surface area contributed by atoms with E-state index >= 15 is 0 Å². The highest BCUT2D eigenvalue weighted by molar-refractivity contribution is 5.61. The molecule has 1 fully saturated rings. The zero-order valence-corrected chi connectivity index (χ0v) is 10.6. The minimum Gasteiger partial charge on any atom is -0.390 e. The minimum absolute atomic E-state index is 0.0923. The summed E-state index contributed by atoms with van der Waals surface area (Å²) in [4.78, 5) is 0. The molecule has 1 aliphatic rings. The largest absolute Gasteiger partial charge is 0.433 e. The van der Waals surface area contributed by atoms with Gasteiger partial charge >= 0.3 is 6.18 Å². The summed E-state index contributed by atoms with van der Waals surface area (Å²) < 4.78 is 45.3. The number of nitrogens with zero attached hydrogens (tertiary/aromatic N) is 3. The van der Waals surface area contributed by atoms with Gasteiger partial charge in [0.1, 0.15) is 12.0 Å². The maximum atomic E-state index is 13.3. The highest BCUT2D eigenvalue weighted by Crippen LogP contribution is 2.45. The molecule has 1 N–H and O–H groups in total. The van der Waals surface area contributed by atoms with E-state index in [-0.39, 0.29) is 24.1 Å². The zero-order valence-electron chi connectivity index (χ0n) is 10.6. The van der Waals surface area contributed by atoms with E-state index in [0.29, 0.717) is 0 Å². The second-order valence-electron chi connectivity index (χ2n) is 5.29.